The molecule has 7 nitrogen and oxygen atoms in total. The van der Waals surface area contributed by atoms with E-state index in [-0.39, 0.29) is 18.2 Å². The van der Waals surface area contributed by atoms with Crippen molar-refractivity contribution >= 4 is 35.2 Å². The lowest BCUT2D eigenvalue weighted by molar-refractivity contribution is -0.134. The molecule has 0 bridgehead atoms. The average Bonchev–Trinajstić information content (AvgIpc) is 3.10. The summed E-state index contributed by atoms with van der Waals surface area (Å²) in [6.45, 7) is 3.77. The standard InChI is InChI=1S/C18H20N4O3S/c1-13(24)19-15-4-2-14(3-5-15)18-20-16(11-26-18)10-17(25)22-8-6-21(12-23)7-9-22/h2-5,11-12H,6-10H2,1H3,(H,19,24). The van der Waals surface area contributed by atoms with E-state index in [1.54, 1.807) is 9.80 Å². The summed E-state index contributed by atoms with van der Waals surface area (Å²) in [5, 5.41) is 5.47. The summed E-state index contributed by atoms with van der Waals surface area (Å²) in [5.74, 6) is -0.0739. The van der Waals surface area contributed by atoms with Gasteiger partial charge in [-0.2, -0.15) is 0 Å². The summed E-state index contributed by atoms with van der Waals surface area (Å²) in [7, 11) is 0. The van der Waals surface area contributed by atoms with Gasteiger partial charge in [0.05, 0.1) is 12.1 Å². The average molecular weight is 372 g/mol. The van der Waals surface area contributed by atoms with E-state index in [2.05, 4.69) is 10.3 Å². The molecule has 136 valence electrons. The van der Waals surface area contributed by atoms with Gasteiger partial charge in [0.1, 0.15) is 5.01 Å². The third-order valence-electron chi connectivity index (χ3n) is 4.15. The smallest absolute Gasteiger partial charge is 0.228 e. The van der Waals surface area contributed by atoms with Crippen LogP contribution < -0.4 is 5.32 Å². The van der Waals surface area contributed by atoms with Gasteiger partial charge in [0.15, 0.2) is 0 Å². The Kier molecular flexibility index (Phi) is 5.62. The number of amides is 3. The number of aromatic nitrogens is 1. The third-order valence-corrected chi connectivity index (χ3v) is 5.09. The molecule has 1 aromatic heterocycles. The molecule has 2 heterocycles. The molecule has 1 saturated heterocycles. The van der Waals surface area contributed by atoms with Crippen LogP contribution in [-0.4, -0.2) is 59.2 Å². The van der Waals surface area contributed by atoms with Crippen LogP contribution in [0.15, 0.2) is 29.6 Å². The largest absolute Gasteiger partial charge is 0.342 e. The number of benzene rings is 1. The highest BCUT2D eigenvalue weighted by Gasteiger charge is 2.21. The first-order valence-corrected chi connectivity index (χ1v) is 9.22. The van der Waals surface area contributed by atoms with Crippen LogP contribution in [0.25, 0.3) is 10.6 Å². The van der Waals surface area contributed by atoms with Crippen molar-refractivity contribution in [2.45, 2.75) is 13.3 Å². The summed E-state index contributed by atoms with van der Waals surface area (Å²) in [4.78, 5) is 42.2. The van der Waals surface area contributed by atoms with Crippen LogP contribution in [0.4, 0.5) is 5.69 Å². The molecule has 8 heteroatoms. The number of rotatable bonds is 5. The molecule has 3 amide bonds. The molecule has 1 aliphatic heterocycles. The molecule has 3 rings (SSSR count). The Hall–Kier alpha value is -2.74. The number of hydrogen-bond donors (Lipinski definition) is 1. The topological polar surface area (TPSA) is 82.6 Å². The zero-order valence-electron chi connectivity index (χ0n) is 14.5. The predicted octanol–water partition coefficient (Wildman–Crippen LogP) is 1.61. The van der Waals surface area contributed by atoms with Crippen molar-refractivity contribution in [1.82, 2.24) is 14.8 Å². The molecule has 0 unspecified atom stereocenters. The first-order valence-electron chi connectivity index (χ1n) is 8.34. The fourth-order valence-electron chi connectivity index (χ4n) is 2.76. The normalized spacial score (nSPS) is 14.2. The van der Waals surface area contributed by atoms with Gasteiger partial charge in [-0.25, -0.2) is 4.98 Å². The second kappa shape index (κ2) is 8.09. The molecule has 1 aromatic carbocycles. The van der Waals surface area contributed by atoms with Crippen molar-refractivity contribution in [3.63, 3.8) is 0 Å². The minimum absolute atomic E-state index is 0.0356. The number of carbonyl (C=O) groups excluding carboxylic acids is 3. The van der Waals surface area contributed by atoms with Crippen LogP contribution in [-0.2, 0) is 20.8 Å². The maximum atomic E-state index is 12.4. The number of nitrogens with zero attached hydrogens (tertiary/aromatic N) is 3. The molecule has 0 radical (unpaired) electrons. The second-order valence-electron chi connectivity index (χ2n) is 6.10. The van der Waals surface area contributed by atoms with Crippen molar-refractivity contribution in [2.24, 2.45) is 0 Å². The molecule has 0 spiro atoms. The van der Waals surface area contributed by atoms with E-state index >= 15 is 0 Å². The number of hydrogen-bond acceptors (Lipinski definition) is 5. The number of nitrogens with one attached hydrogen (secondary N) is 1. The molecule has 1 aliphatic rings. The minimum atomic E-state index is -0.109. The number of carbonyl (C=O) groups is 3. The monoisotopic (exact) mass is 372 g/mol. The van der Waals surface area contributed by atoms with E-state index in [1.165, 1.54) is 18.3 Å². The SMILES string of the molecule is CC(=O)Nc1ccc(-c2nc(CC(=O)N3CCN(C=O)CC3)cs2)cc1. The Morgan fingerprint density at radius 3 is 2.50 bits per heavy atom. The number of thiazole rings is 1. The maximum Gasteiger partial charge on any atom is 0.228 e. The molecular weight excluding hydrogens is 352 g/mol. The Morgan fingerprint density at radius 1 is 1.19 bits per heavy atom. The van der Waals surface area contributed by atoms with Crippen molar-refractivity contribution in [2.75, 3.05) is 31.5 Å². The summed E-state index contributed by atoms with van der Waals surface area (Å²) in [6.07, 6.45) is 1.09. The molecule has 1 N–H and O–H groups in total. The van der Waals surface area contributed by atoms with E-state index in [0.717, 1.165) is 28.4 Å². The Morgan fingerprint density at radius 2 is 1.88 bits per heavy atom. The van der Waals surface area contributed by atoms with Gasteiger partial charge < -0.3 is 15.1 Å². The molecular formula is C18H20N4O3S. The lowest BCUT2D eigenvalue weighted by Crippen LogP contribution is -2.48. The van der Waals surface area contributed by atoms with Crippen molar-refractivity contribution < 1.29 is 14.4 Å². The van der Waals surface area contributed by atoms with Crippen LogP contribution in [0.2, 0.25) is 0 Å². The Balaban J connectivity index is 1.60. The van der Waals surface area contributed by atoms with Crippen molar-refractivity contribution in [3.8, 4) is 10.6 Å². The molecule has 0 aliphatic carbocycles. The lowest BCUT2D eigenvalue weighted by atomic mass is 10.2. The van der Waals surface area contributed by atoms with E-state index in [4.69, 9.17) is 0 Å². The quantitative estimate of drug-likeness (QED) is 0.809. The van der Waals surface area contributed by atoms with Gasteiger partial charge in [-0.1, -0.05) is 0 Å². The van der Waals surface area contributed by atoms with Crippen molar-refractivity contribution in [1.29, 1.82) is 0 Å². The van der Waals surface area contributed by atoms with Crippen LogP contribution in [0.5, 0.6) is 0 Å². The van der Waals surface area contributed by atoms with Gasteiger partial charge in [0, 0.05) is 49.7 Å². The summed E-state index contributed by atoms with van der Waals surface area (Å²) >= 11 is 1.49. The lowest BCUT2D eigenvalue weighted by Gasteiger charge is -2.32. The maximum absolute atomic E-state index is 12.4. The van der Waals surface area contributed by atoms with Gasteiger partial charge >= 0.3 is 0 Å². The Bertz CT molecular complexity index is 795. The van der Waals surface area contributed by atoms with Gasteiger partial charge in [-0.05, 0) is 24.3 Å². The molecule has 0 saturated carbocycles. The van der Waals surface area contributed by atoms with E-state index < -0.39 is 0 Å². The van der Waals surface area contributed by atoms with E-state index in [0.29, 0.717) is 26.2 Å². The molecule has 1 fully saturated rings. The zero-order chi connectivity index (χ0) is 18.5. The van der Waals surface area contributed by atoms with Crippen LogP contribution in [0, 0.1) is 0 Å². The highest BCUT2D eigenvalue weighted by molar-refractivity contribution is 7.13. The van der Waals surface area contributed by atoms with Gasteiger partial charge in [-0.15, -0.1) is 11.3 Å². The molecule has 2 aromatic rings. The van der Waals surface area contributed by atoms with Gasteiger partial charge in [-0.3, -0.25) is 14.4 Å². The fourth-order valence-corrected chi connectivity index (χ4v) is 3.59. The van der Waals surface area contributed by atoms with Crippen molar-refractivity contribution in [3.05, 3.63) is 35.3 Å². The zero-order valence-corrected chi connectivity index (χ0v) is 15.3. The second-order valence-corrected chi connectivity index (χ2v) is 6.96. The number of piperazine rings is 1. The number of anilines is 1. The third kappa shape index (κ3) is 4.45. The molecule has 0 atom stereocenters. The van der Waals surface area contributed by atoms with Gasteiger partial charge in [0.25, 0.3) is 0 Å². The minimum Gasteiger partial charge on any atom is -0.342 e. The Labute approximate surface area is 155 Å². The van der Waals surface area contributed by atoms with Crippen LogP contribution in [0.3, 0.4) is 0 Å². The highest BCUT2D eigenvalue weighted by Crippen LogP contribution is 2.25. The molecule has 26 heavy (non-hydrogen) atoms. The van der Waals surface area contributed by atoms with Crippen LogP contribution >= 0.6 is 11.3 Å². The summed E-state index contributed by atoms with van der Waals surface area (Å²) in [6, 6.07) is 7.45. The first kappa shape index (κ1) is 18.1. The summed E-state index contributed by atoms with van der Waals surface area (Å²) < 4.78 is 0. The van der Waals surface area contributed by atoms with Crippen LogP contribution in [0.1, 0.15) is 12.6 Å². The summed E-state index contributed by atoms with van der Waals surface area (Å²) in [5.41, 5.74) is 2.43. The van der Waals surface area contributed by atoms with Gasteiger partial charge in [0.2, 0.25) is 18.2 Å². The highest BCUT2D eigenvalue weighted by atomic mass is 32.1. The van der Waals surface area contributed by atoms with E-state index in [1.807, 2.05) is 29.6 Å². The fraction of sp³-hybridized carbons (Fsp3) is 0.333. The van der Waals surface area contributed by atoms with E-state index in [9.17, 15) is 14.4 Å². The predicted molar refractivity (Wildman–Crippen MR) is 99.8 cm³/mol. The first-order chi connectivity index (χ1) is 12.5.